The molecule has 4 aliphatic rings. The molecule has 1 heterocycles. The molecule has 4 fully saturated rings. The SMILES string of the molecule is CCCN.CCCNC(=O)C1(O)C[C@@H](O)C(O)[C@H](O)C1.O=C(O)C1(O)C[C@@H](O)C(O)[C@H](O)C1.O=C1O[C@@H]2C[C@@]1(O)C[C@@H](O)[C@H]2O. The van der Waals surface area contributed by atoms with Gasteiger partial charge in [-0.05, 0) is 19.4 Å². The molecule has 4 rings (SSSR count). The third-order valence-electron chi connectivity index (χ3n) is 7.91. The first-order chi connectivity index (χ1) is 20.7. The average Bonchev–Trinajstić information content (AvgIpc) is 3.22. The normalized spacial score (nSPS) is 41.9. The van der Waals surface area contributed by atoms with Crippen molar-refractivity contribution in [1.82, 2.24) is 5.32 Å². The maximum absolute atomic E-state index is 11.6. The zero-order chi connectivity index (χ0) is 34.9. The summed E-state index contributed by atoms with van der Waals surface area (Å²) in [5, 5.41) is 114. The molecule has 45 heavy (non-hydrogen) atoms. The molecule has 18 heteroatoms. The van der Waals surface area contributed by atoms with Crippen molar-refractivity contribution in [3.63, 3.8) is 0 Å². The van der Waals surface area contributed by atoms with Crippen molar-refractivity contribution in [3.05, 3.63) is 0 Å². The van der Waals surface area contributed by atoms with Crippen molar-refractivity contribution in [2.45, 2.75) is 137 Å². The summed E-state index contributed by atoms with van der Waals surface area (Å²) in [4.78, 5) is 33.1. The van der Waals surface area contributed by atoms with Gasteiger partial charge in [0, 0.05) is 45.1 Å². The standard InChI is InChI=1S/C10H19NO5.C7H12O6.C7H10O5.C3H9N/c1-2-3-11-9(15)10(16)4-6(12)8(14)7(13)5-10;8-3-1-7(13,6(11)12)2-4(9)5(3)10;8-3-1-7(11)2-4(5(3)9)12-6(7)10;1-2-3-4/h6-8,12-14,16H,2-5H2,1H3,(H,11,15);3-5,8-10,13H,1-2H2,(H,11,12);3-5,8-9,11H,1-2H2;2-4H2,1H3/t6-,7-,8?,10?;3-,4-,5?,7?;3-,4-,5-,7+;/m111./s1. The Labute approximate surface area is 259 Å². The fourth-order valence-electron chi connectivity index (χ4n) is 5.09. The Kier molecular flexibility index (Phi) is 15.6. The summed E-state index contributed by atoms with van der Waals surface area (Å²) in [6, 6.07) is 0. The van der Waals surface area contributed by atoms with Crippen molar-refractivity contribution in [2.75, 3.05) is 13.1 Å². The lowest BCUT2D eigenvalue weighted by molar-refractivity contribution is -0.187. The highest BCUT2D eigenvalue weighted by molar-refractivity contribution is 5.85. The van der Waals surface area contributed by atoms with Gasteiger partial charge >= 0.3 is 11.9 Å². The molecule has 1 saturated heterocycles. The van der Waals surface area contributed by atoms with Crippen molar-refractivity contribution >= 4 is 17.8 Å². The van der Waals surface area contributed by atoms with Gasteiger partial charge in [-0.25, -0.2) is 9.59 Å². The number of esters is 1. The number of nitrogens with one attached hydrogen (secondary N) is 1. The Morgan fingerprint density at radius 2 is 1.13 bits per heavy atom. The Morgan fingerprint density at radius 3 is 1.51 bits per heavy atom. The van der Waals surface area contributed by atoms with E-state index in [1.54, 1.807) is 0 Å². The van der Waals surface area contributed by atoms with Crippen LogP contribution in [0.1, 0.15) is 65.2 Å². The number of hydrogen-bond acceptors (Lipinski definition) is 16. The highest BCUT2D eigenvalue weighted by atomic mass is 16.6. The molecule has 3 saturated carbocycles. The zero-order valence-electron chi connectivity index (χ0n) is 25.3. The Hall–Kier alpha value is -2.07. The molecule has 3 aliphatic carbocycles. The van der Waals surface area contributed by atoms with Crippen LogP contribution in [0, 0.1) is 0 Å². The summed E-state index contributed by atoms with van der Waals surface area (Å²) in [6.45, 7) is 5.18. The molecule has 0 aromatic rings. The summed E-state index contributed by atoms with van der Waals surface area (Å²) < 4.78 is 4.67. The van der Waals surface area contributed by atoms with E-state index in [9.17, 15) is 55.2 Å². The van der Waals surface area contributed by atoms with E-state index in [4.69, 9.17) is 26.2 Å². The lowest BCUT2D eigenvalue weighted by Crippen LogP contribution is -2.59. The van der Waals surface area contributed by atoms with Gasteiger partial charge in [-0.3, -0.25) is 4.79 Å². The zero-order valence-corrected chi connectivity index (χ0v) is 25.3. The van der Waals surface area contributed by atoms with E-state index >= 15 is 0 Å². The van der Waals surface area contributed by atoms with E-state index in [1.807, 2.05) is 6.92 Å². The fraction of sp³-hybridized carbons (Fsp3) is 0.889. The summed E-state index contributed by atoms with van der Waals surface area (Å²) in [7, 11) is 0. The van der Waals surface area contributed by atoms with Crippen LogP contribution in [0.25, 0.3) is 0 Å². The van der Waals surface area contributed by atoms with Crippen LogP contribution in [0.5, 0.6) is 0 Å². The molecule has 0 aromatic heterocycles. The maximum Gasteiger partial charge on any atom is 0.338 e. The predicted octanol–water partition coefficient (Wildman–Crippen LogP) is -5.69. The first-order valence-corrected chi connectivity index (χ1v) is 14.8. The number of aliphatic carboxylic acids is 1. The first kappa shape index (κ1) is 41.0. The minimum absolute atomic E-state index is 0.0874. The number of ether oxygens (including phenoxy) is 1. The van der Waals surface area contributed by atoms with E-state index in [0.29, 0.717) is 6.54 Å². The summed E-state index contributed by atoms with van der Waals surface area (Å²) in [5.74, 6) is -2.85. The van der Waals surface area contributed by atoms with Crippen molar-refractivity contribution < 1.29 is 80.4 Å². The van der Waals surface area contributed by atoms with Gasteiger partial charge in [0.05, 0.1) is 30.5 Å². The minimum Gasteiger partial charge on any atom is -0.479 e. The summed E-state index contributed by atoms with van der Waals surface area (Å²) in [6.07, 6.45) is -10.7. The highest BCUT2D eigenvalue weighted by Gasteiger charge is 2.57. The topological polar surface area (TPSA) is 341 Å². The van der Waals surface area contributed by atoms with E-state index in [-0.39, 0.29) is 25.7 Å². The van der Waals surface area contributed by atoms with Gasteiger partial charge in [-0.15, -0.1) is 0 Å². The molecule has 1 aliphatic heterocycles. The second-order valence-corrected chi connectivity index (χ2v) is 11.9. The van der Waals surface area contributed by atoms with Crippen molar-refractivity contribution in [2.24, 2.45) is 5.73 Å². The third kappa shape index (κ3) is 10.7. The number of amides is 1. The quantitative estimate of drug-likeness (QED) is 0.122. The van der Waals surface area contributed by atoms with Crippen molar-refractivity contribution in [3.8, 4) is 0 Å². The van der Waals surface area contributed by atoms with Crippen LogP contribution >= 0.6 is 0 Å². The molecular formula is C27H50N2O16. The number of aliphatic hydroxyl groups excluding tert-OH is 8. The van der Waals surface area contributed by atoms with Crippen LogP contribution in [0.3, 0.4) is 0 Å². The number of nitrogens with two attached hydrogens (primary N) is 1. The van der Waals surface area contributed by atoms with Gasteiger partial charge in [-0.2, -0.15) is 0 Å². The average molecular weight is 659 g/mol. The lowest BCUT2D eigenvalue weighted by Gasteiger charge is -2.39. The largest absolute Gasteiger partial charge is 0.479 e. The van der Waals surface area contributed by atoms with Gasteiger partial charge in [-0.1, -0.05) is 13.8 Å². The third-order valence-corrected chi connectivity index (χ3v) is 7.91. The van der Waals surface area contributed by atoms with E-state index in [0.717, 1.165) is 19.4 Å². The number of carboxylic acids is 1. The summed E-state index contributed by atoms with van der Waals surface area (Å²) >= 11 is 0. The van der Waals surface area contributed by atoms with Crippen LogP contribution in [0.4, 0.5) is 0 Å². The lowest BCUT2D eigenvalue weighted by atomic mass is 9.79. The number of carboxylic acid groups (broad SMARTS) is 1. The van der Waals surface area contributed by atoms with Crippen LogP contribution in [0.15, 0.2) is 0 Å². The van der Waals surface area contributed by atoms with Gasteiger partial charge in [0.25, 0.3) is 5.91 Å². The molecule has 0 radical (unpaired) electrons. The molecule has 8 atom stereocenters. The molecular weight excluding hydrogens is 608 g/mol. The molecule has 0 spiro atoms. The first-order valence-electron chi connectivity index (χ1n) is 14.8. The van der Waals surface area contributed by atoms with Crippen LogP contribution in [-0.4, -0.2) is 164 Å². The van der Waals surface area contributed by atoms with E-state index in [2.05, 4.69) is 17.0 Å². The van der Waals surface area contributed by atoms with Crippen LogP contribution < -0.4 is 11.1 Å². The predicted molar refractivity (Wildman–Crippen MR) is 151 cm³/mol. The molecule has 264 valence electrons. The van der Waals surface area contributed by atoms with Gasteiger partial charge in [0.2, 0.25) is 0 Å². The monoisotopic (exact) mass is 658 g/mol. The minimum atomic E-state index is -2.14. The maximum atomic E-state index is 11.6. The Bertz CT molecular complexity index is 945. The van der Waals surface area contributed by atoms with Gasteiger partial charge in [0.1, 0.15) is 30.0 Å². The van der Waals surface area contributed by atoms with Gasteiger partial charge < -0.3 is 77.1 Å². The fourth-order valence-corrected chi connectivity index (χ4v) is 5.09. The molecule has 0 aromatic carbocycles. The number of carbonyl (C=O) groups is 3. The number of carbonyl (C=O) groups excluding carboxylic acids is 2. The smallest absolute Gasteiger partial charge is 0.338 e. The number of aliphatic hydroxyl groups is 11. The Balaban J connectivity index is 0.000000321. The molecule has 2 bridgehead atoms. The van der Waals surface area contributed by atoms with E-state index < -0.39 is 102 Å². The number of hydrogen-bond donors (Lipinski definition) is 14. The molecule has 0 unspecified atom stereocenters. The second kappa shape index (κ2) is 17.2. The molecule has 1 amide bonds. The second-order valence-electron chi connectivity index (χ2n) is 11.9. The summed E-state index contributed by atoms with van der Waals surface area (Å²) in [5.41, 5.74) is -0.478. The number of fused-ring (bicyclic) bond motifs is 2. The van der Waals surface area contributed by atoms with Crippen LogP contribution in [0.2, 0.25) is 0 Å². The van der Waals surface area contributed by atoms with Gasteiger partial charge in [0.15, 0.2) is 11.2 Å². The van der Waals surface area contributed by atoms with E-state index in [1.165, 1.54) is 0 Å². The molecule has 18 nitrogen and oxygen atoms in total. The molecule has 15 N–H and O–H groups in total. The van der Waals surface area contributed by atoms with Crippen LogP contribution in [-0.2, 0) is 19.1 Å². The Morgan fingerprint density at radius 1 is 0.733 bits per heavy atom. The highest BCUT2D eigenvalue weighted by Crippen LogP contribution is 2.38. The van der Waals surface area contributed by atoms with Crippen molar-refractivity contribution in [1.29, 1.82) is 0 Å². The number of rotatable bonds is 5.